The average Bonchev–Trinajstić information content (AvgIpc) is 2.99. The van der Waals surface area contributed by atoms with Crippen LogP contribution in [0.3, 0.4) is 0 Å². The Morgan fingerprint density at radius 3 is 2.86 bits per heavy atom. The number of benzene rings is 1. The third-order valence-electron chi connectivity index (χ3n) is 3.09. The van der Waals surface area contributed by atoms with E-state index in [9.17, 15) is 14.7 Å². The van der Waals surface area contributed by atoms with Crippen LogP contribution in [0.1, 0.15) is 16.2 Å². The first-order chi connectivity index (χ1) is 10.0. The van der Waals surface area contributed by atoms with Gasteiger partial charge in [-0.1, -0.05) is 23.4 Å². The summed E-state index contributed by atoms with van der Waals surface area (Å²) in [6.45, 7) is 0. The van der Waals surface area contributed by atoms with Crippen molar-refractivity contribution < 1.29 is 9.90 Å². The van der Waals surface area contributed by atoms with E-state index in [-0.39, 0.29) is 11.2 Å². The summed E-state index contributed by atoms with van der Waals surface area (Å²) < 4.78 is 1.19. The molecule has 2 aromatic heterocycles. The number of halogens is 1. The molecule has 0 aliphatic carbocycles. The molecule has 0 fully saturated rings. The van der Waals surface area contributed by atoms with Crippen LogP contribution in [0.2, 0.25) is 5.02 Å². The predicted molar refractivity (Wildman–Crippen MR) is 71.3 cm³/mol. The van der Waals surface area contributed by atoms with Crippen LogP contribution in [0.25, 0.3) is 10.9 Å². The van der Waals surface area contributed by atoms with E-state index in [4.69, 9.17) is 11.6 Å². The van der Waals surface area contributed by atoms with Gasteiger partial charge in [-0.25, -0.2) is 0 Å². The zero-order valence-corrected chi connectivity index (χ0v) is 11.4. The molecule has 0 aliphatic heterocycles. The number of aromatic amines is 1. The molecule has 106 valence electrons. The molecule has 1 N–H and O–H groups in total. The van der Waals surface area contributed by atoms with Crippen LogP contribution in [-0.4, -0.2) is 31.0 Å². The van der Waals surface area contributed by atoms with Crippen LogP contribution >= 0.6 is 11.6 Å². The highest BCUT2D eigenvalue weighted by Crippen LogP contribution is 2.26. The number of rotatable bonds is 2. The van der Waals surface area contributed by atoms with Gasteiger partial charge >= 0.3 is 0 Å². The molecule has 0 saturated heterocycles. The van der Waals surface area contributed by atoms with Crippen molar-refractivity contribution in [3.63, 3.8) is 0 Å². The van der Waals surface area contributed by atoms with Crippen molar-refractivity contribution in [2.24, 2.45) is 7.05 Å². The normalized spacial score (nSPS) is 11.0. The lowest BCUT2D eigenvalue weighted by Gasteiger charge is -2.17. The van der Waals surface area contributed by atoms with Crippen molar-refractivity contribution in [3.8, 4) is 5.75 Å². The fraction of sp³-hybridized carbons (Fsp3) is 0.0833. The van der Waals surface area contributed by atoms with E-state index in [0.717, 1.165) is 0 Å². The van der Waals surface area contributed by atoms with Crippen LogP contribution in [0, 0.1) is 0 Å². The molecule has 1 aromatic carbocycles. The molecule has 0 atom stereocenters. The number of H-pyrrole nitrogens is 1. The summed E-state index contributed by atoms with van der Waals surface area (Å²) in [5.74, 6) is -1.89. The van der Waals surface area contributed by atoms with E-state index >= 15 is 0 Å². The van der Waals surface area contributed by atoms with Gasteiger partial charge in [0.2, 0.25) is 11.6 Å². The summed E-state index contributed by atoms with van der Waals surface area (Å²) in [5, 5.41) is 25.3. The van der Waals surface area contributed by atoms with E-state index in [1.165, 1.54) is 29.8 Å². The first-order valence-electron chi connectivity index (χ1n) is 5.78. The molecule has 0 aliphatic rings. The number of tetrazole rings is 1. The smallest absolute Gasteiger partial charge is 0.261 e. The Morgan fingerprint density at radius 2 is 2.19 bits per heavy atom. The predicted octanol–water partition coefficient (Wildman–Crippen LogP) is 0.00960. The van der Waals surface area contributed by atoms with Gasteiger partial charge in [0.1, 0.15) is 0 Å². The van der Waals surface area contributed by atoms with Crippen molar-refractivity contribution in [2.75, 3.05) is 0 Å². The van der Waals surface area contributed by atoms with Crippen LogP contribution in [0.5, 0.6) is 5.75 Å². The van der Waals surface area contributed by atoms with Gasteiger partial charge in [-0.15, -0.1) is 10.2 Å². The highest BCUT2D eigenvalue weighted by Gasteiger charge is 2.21. The summed E-state index contributed by atoms with van der Waals surface area (Å²) in [6.07, 6.45) is 0. The summed E-state index contributed by atoms with van der Waals surface area (Å²) in [6, 6.07) is 4.47. The molecular formula is C12H7ClN5O3-. The van der Waals surface area contributed by atoms with Gasteiger partial charge in [-0.05, 0) is 22.7 Å². The number of nitrogens with zero attached hydrogens (tertiary/aromatic N) is 4. The van der Waals surface area contributed by atoms with E-state index in [2.05, 4.69) is 20.6 Å². The lowest BCUT2D eigenvalue weighted by molar-refractivity contribution is -0.266. The Bertz CT molecular complexity index is 917. The lowest BCUT2D eigenvalue weighted by Crippen LogP contribution is -2.27. The summed E-state index contributed by atoms with van der Waals surface area (Å²) >= 11 is 5.86. The van der Waals surface area contributed by atoms with Crippen molar-refractivity contribution in [1.82, 2.24) is 25.2 Å². The average molecular weight is 305 g/mol. The quantitative estimate of drug-likeness (QED) is 0.666. The number of hydrogen-bond acceptors (Lipinski definition) is 6. The molecule has 0 bridgehead atoms. The second kappa shape index (κ2) is 4.67. The maximum atomic E-state index is 12.4. The summed E-state index contributed by atoms with van der Waals surface area (Å²) in [5.41, 5.74) is -0.902. The lowest BCUT2D eigenvalue weighted by atomic mass is 10.1. The van der Waals surface area contributed by atoms with Crippen molar-refractivity contribution in [2.45, 2.75) is 0 Å². The van der Waals surface area contributed by atoms with E-state index in [0.29, 0.717) is 10.5 Å². The first kappa shape index (κ1) is 13.3. The van der Waals surface area contributed by atoms with Crippen LogP contribution in [0.15, 0.2) is 23.0 Å². The van der Waals surface area contributed by atoms with Gasteiger partial charge in [0.25, 0.3) is 5.56 Å². The van der Waals surface area contributed by atoms with E-state index in [1.807, 2.05) is 0 Å². The van der Waals surface area contributed by atoms with Crippen LogP contribution in [0.4, 0.5) is 0 Å². The van der Waals surface area contributed by atoms with Gasteiger partial charge in [0.15, 0.2) is 0 Å². The highest BCUT2D eigenvalue weighted by atomic mass is 35.5. The zero-order valence-electron chi connectivity index (χ0n) is 10.6. The molecule has 3 rings (SSSR count). The SMILES string of the molecule is Cn1c(=O)c(C(=O)c2nn[nH]n2)c([O-])c2ccc(Cl)cc21. The topological polar surface area (TPSA) is 117 Å². The van der Waals surface area contributed by atoms with Gasteiger partial charge in [0, 0.05) is 12.1 Å². The molecule has 0 amide bonds. The van der Waals surface area contributed by atoms with Crippen LogP contribution in [-0.2, 0) is 7.05 Å². The minimum Gasteiger partial charge on any atom is -0.871 e. The summed E-state index contributed by atoms with van der Waals surface area (Å²) in [7, 11) is 1.45. The third kappa shape index (κ3) is 1.96. The highest BCUT2D eigenvalue weighted by molar-refractivity contribution is 6.31. The Kier molecular flexibility index (Phi) is 2.95. The summed E-state index contributed by atoms with van der Waals surface area (Å²) in [4.78, 5) is 24.5. The van der Waals surface area contributed by atoms with Crippen molar-refractivity contribution in [1.29, 1.82) is 0 Å². The zero-order chi connectivity index (χ0) is 15.1. The van der Waals surface area contributed by atoms with Gasteiger partial charge < -0.3 is 9.67 Å². The van der Waals surface area contributed by atoms with Gasteiger partial charge in [-0.3, -0.25) is 9.59 Å². The molecule has 0 spiro atoms. The molecule has 2 heterocycles. The third-order valence-corrected chi connectivity index (χ3v) is 3.32. The largest absolute Gasteiger partial charge is 0.871 e. The Labute approximate surface area is 122 Å². The van der Waals surface area contributed by atoms with Crippen molar-refractivity contribution in [3.05, 3.63) is 45.0 Å². The number of fused-ring (bicyclic) bond motifs is 1. The number of aryl methyl sites for hydroxylation is 1. The molecular weight excluding hydrogens is 298 g/mol. The number of pyridine rings is 1. The number of carbonyl (C=O) groups is 1. The molecule has 8 nitrogen and oxygen atoms in total. The second-order valence-electron chi connectivity index (χ2n) is 4.29. The minimum absolute atomic E-state index is 0.216. The molecule has 0 saturated carbocycles. The monoisotopic (exact) mass is 304 g/mol. The molecule has 0 radical (unpaired) electrons. The number of carbonyl (C=O) groups excluding carboxylic acids is 1. The number of hydrogen-bond donors (Lipinski definition) is 1. The molecule has 21 heavy (non-hydrogen) atoms. The Morgan fingerprint density at radius 1 is 1.43 bits per heavy atom. The van der Waals surface area contributed by atoms with Gasteiger partial charge in [0.05, 0.1) is 11.1 Å². The first-order valence-corrected chi connectivity index (χ1v) is 6.16. The molecule has 3 aromatic rings. The molecule has 9 heteroatoms. The number of nitrogens with one attached hydrogen (secondary N) is 1. The Balaban J connectivity index is 2.37. The fourth-order valence-electron chi connectivity index (χ4n) is 2.05. The van der Waals surface area contributed by atoms with Gasteiger partial charge in [-0.2, -0.15) is 5.21 Å². The minimum atomic E-state index is -0.869. The molecule has 0 unspecified atom stereocenters. The Hall–Kier alpha value is -2.74. The number of ketones is 1. The second-order valence-corrected chi connectivity index (χ2v) is 4.73. The van der Waals surface area contributed by atoms with Crippen LogP contribution < -0.4 is 10.7 Å². The standard InChI is InChI=1S/C12H8ClN5O3/c1-18-7-4-5(13)2-3-6(7)9(19)8(12(18)21)10(20)11-14-16-17-15-11/h2-4,19H,1H3,(H,14,15,16,17)/p-1. The van der Waals surface area contributed by atoms with E-state index in [1.54, 1.807) is 0 Å². The number of aromatic nitrogens is 5. The van der Waals surface area contributed by atoms with E-state index < -0.39 is 22.7 Å². The fourth-order valence-corrected chi connectivity index (χ4v) is 2.22. The maximum Gasteiger partial charge on any atom is 0.261 e. The maximum absolute atomic E-state index is 12.4. The van der Waals surface area contributed by atoms with Crippen molar-refractivity contribution >= 4 is 28.3 Å².